The highest BCUT2D eigenvalue weighted by atomic mass is 127. The normalized spacial score (nSPS) is 14.1. The number of carbonyl (C=O) groups is 1. The smallest absolute Gasteiger partial charge is 0.253 e. The molecule has 1 saturated heterocycles. The van der Waals surface area contributed by atoms with E-state index in [2.05, 4.69) is 45.2 Å². The van der Waals surface area contributed by atoms with Gasteiger partial charge in [0.25, 0.3) is 5.91 Å². The van der Waals surface area contributed by atoms with E-state index in [4.69, 9.17) is 11.6 Å². The molecule has 174 valence electrons. The van der Waals surface area contributed by atoms with Crippen molar-refractivity contribution in [1.29, 1.82) is 0 Å². The molecule has 1 fully saturated rings. The molecule has 0 aliphatic carbocycles. The predicted octanol–water partition coefficient (Wildman–Crippen LogP) is 3.91. The van der Waals surface area contributed by atoms with E-state index in [-0.39, 0.29) is 29.9 Å². The van der Waals surface area contributed by atoms with Crippen LogP contribution < -0.4 is 10.2 Å². The molecule has 0 saturated carbocycles. The lowest BCUT2D eigenvalue weighted by atomic mass is 10.1. The maximum absolute atomic E-state index is 12.2. The topological polar surface area (TPSA) is 51.2 Å². The van der Waals surface area contributed by atoms with Gasteiger partial charge in [-0.15, -0.1) is 24.0 Å². The van der Waals surface area contributed by atoms with Crippen LogP contribution in [0.2, 0.25) is 5.02 Å². The van der Waals surface area contributed by atoms with Crippen molar-refractivity contribution in [2.45, 2.75) is 13.3 Å². The fourth-order valence-corrected chi connectivity index (χ4v) is 4.02. The molecule has 2 aromatic carbocycles. The lowest BCUT2D eigenvalue weighted by Gasteiger charge is -2.38. The highest BCUT2D eigenvalue weighted by Gasteiger charge is 2.21. The molecular formula is C24H33ClIN5O. The van der Waals surface area contributed by atoms with Crippen LogP contribution in [-0.2, 0) is 6.42 Å². The van der Waals surface area contributed by atoms with E-state index in [1.807, 2.05) is 31.3 Å². The second-order valence-corrected chi connectivity index (χ2v) is 8.47. The second-order valence-electron chi connectivity index (χ2n) is 8.03. The number of hydrogen-bond acceptors (Lipinski definition) is 3. The second kappa shape index (κ2) is 12.3. The Bertz CT molecular complexity index is 942. The van der Waals surface area contributed by atoms with E-state index in [9.17, 15) is 4.79 Å². The Balaban J connectivity index is 0.00000363. The first-order chi connectivity index (χ1) is 14.9. The number of aryl methyl sites for hydroxylation is 1. The highest BCUT2D eigenvalue weighted by molar-refractivity contribution is 14.0. The minimum absolute atomic E-state index is 0. The van der Waals surface area contributed by atoms with Crippen molar-refractivity contribution in [2.75, 3.05) is 58.8 Å². The van der Waals surface area contributed by atoms with Crippen molar-refractivity contribution >= 4 is 53.1 Å². The molecule has 1 aliphatic heterocycles. The van der Waals surface area contributed by atoms with E-state index in [0.717, 1.165) is 61.3 Å². The van der Waals surface area contributed by atoms with Crippen LogP contribution in [0.25, 0.3) is 0 Å². The van der Waals surface area contributed by atoms with Gasteiger partial charge in [-0.3, -0.25) is 9.79 Å². The summed E-state index contributed by atoms with van der Waals surface area (Å²) in [6, 6.07) is 13.9. The Labute approximate surface area is 213 Å². The summed E-state index contributed by atoms with van der Waals surface area (Å²) in [5.41, 5.74) is 4.31. The van der Waals surface area contributed by atoms with Crippen molar-refractivity contribution in [1.82, 2.24) is 15.1 Å². The number of guanidine groups is 1. The number of amides is 1. The van der Waals surface area contributed by atoms with Crippen molar-refractivity contribution in [3.63, 3.8) is 0 Å². The van der Waals surface area contributed by atoms with Crippen molar-refractivity contribution in [3.8, 4) is 0 Å². The Morgan fingerprint density at radius 1 is 1.12 bits per heavy atom. The van der Waals surface area contributed by atoms with Gasteiger partial charge in [0.2, 0.25) is 0 Å². The number of benzene rings is 2. The van der Waals surface area contributed by atoms with Gasteiger partial charge in [-0.1, -0.05) is 29.8 Å². The Morgan fingerprint density at radius 2 is 1.84 bits per heavy atom. The number of rotatable bonds is 5. The minimum atomic E-state index is 0. The van der Waals surface area contributed by atoms with Crippen LogP contribution in [0.1, 0.15) is 21.5 Å². The summed E-state index contributed by atoms with van der Waals surface area (Å²) in [5.74, 6) is 0.946. The predicted molar refractivity (Wildman–Crippen MR) is 145 cm³/mol. The standard InChI is InChI=1S/C24H32ClN5O.HI/c1-18-8-9-21(25)17-22(18)29-12-14-30(15-13-29)24(26-2)27-11-10-19-6-5-7-20(16-19)23(31)28(3)4;/h5-9,16-17H,10-15H2,1-4H3,(H,26,27);1H. The van der Waals surface area contributed by atoms with Gasteiger partial charge in [0.15, 0.2) is 5.96 Å². The number of nitrogens with one attached hydrogen (secondary N) is 1. The molecule has 1 amide bonds. The van der Waals surface area contributed by atoms with Crippen LogP contribution in [0, 0.1) is 6.92 Å². The number of anilines is 1. The van der Waals surface area contributed by atoms with Crippen molar-refractivity contribution in [2.24, 2.45) is 4.99 Å². The molecule has 3 rings (SSSR count). The van der Waals surface area contributed by atoms with Gasteiger partial charge in [-0.2, -0.15) is 0 Å². The molecule has 1 N–H and O–H groups in total. The molecule has 0 unspecified atom stereocenters. The van der Waals surface area contributed by atoms with Gasteiger partial charge in [0.05, 0.1) is 0 Å². The molecule has 0 atom stereocenters. The first kappa shape index (κ1) is 26.3. The quantitative estimate of drug-likeness (QED) is 0.337. The molecule has 6 nitrogen and oxygen atoms in total. The Hall–Kier alpha value is -2.00. The minimum Gasteiger partial charge on any atom is -0.368 e. The number of nitrogens with zero attached hydrogens (tertiary/aromatic N) is 4. The van der Waals surface area contributed by atoms with Gasteiger partial charge in [-0.05, 0) is 48.7 Å². The molecule has 8 heteroatoms. The summed E-state index contributed by atoms with van der Waals surface area (Å²) in [6.07, 6.45) is 0.829. The average molecular weight is 570 g/mol. The van der Waals surface area contributed by atoms with Gasteiger partial charge < -0.3 is 20.0 Å². The molecule has 0 bridgehead atoms. The van der Waals surface area contributed by atoms with E-state index in [1.54, 1.807) is 19.0 Å². The van der Waals surface area contributed by atoms with Crippen molar-refractivity contribution in [3.05, 3.63) is 64.2 Å². The lowest BCUT2D eigenvalue weighted by Crippen LogP contribution is -2.53. The van der Waals surface area contributed by atoms with Gasteiger partial charge in [0.1, 0.15) is 0 Å². The number of halogens is 2. The van der Waals surface area contributed by atoms with Crippen LogP contribution in [0.15, 0.2) is 47.5 Å². The number of piperazine rings is 1. The third-order valence-corrected chi connectivity index (χ3v) is 5.81. The molecule has 32 heavy (non-hydrogen) atoms. The third kappa shape index (κ3) is 6.75. The van der Waals surface area contributed by atoms with E-state index >= 15 is 0 Å². The average Bonchev–Trinajstić information content (AvgIpc) is 2.78. The summed E-state index contributed by atoms with van der Waals surface area (Å²) in [5, 5.41) is 4.25. The molecule has 2 aromatic rings. The monoisotopic (exact) mass is 569 g/mol. The fourth-order valence-electron chi connectivity index (χ4n) is 3.85. The highest BCUT2D eigenvalue weighted by Crippen LogP contribution is 2.25. The van der Waals surface area contributed by atoms with Gasteiger partial charge >= 0.3 is 0 Å². The molecule has 0 radical (unpaired) electrons. The summed E-state index contributed by atoms with van der Waals surface area (Å²) in [4.78, 5) is 22.9. The number of carbonyl (C=O) groups excluding carboxylic acids is 1. The maximum atomic E-state index is 12.2. The Morgan fingerprint density at radius 3 is 2.50 bits per heavy atom. The van der Waals surface area contributed by atoms with Gasteiger partial charge in [-0.25, -0.2) is 0 Å². The summed E-state index contributed by atoms with van der Waals surface area (Å²) >= 11 is 6.20. The van der Waals surface area contributed by atoms with Crippen LogP contribution in [-0.4, -0.2) is 75.5 Å². The van der Waals surface area contributed by atoms with Gasteiger partial charge in [0, 0.05) is 70.1 Å². The first-order valence-corrected chi connectivity index (χ1v) is 11.0. The number of hydrogen-bond donors (Lipinski definition) is 1. The zero-order chi connectivity index (χ0) is 22.4. The first-order valence-electron chi connectivity index (χ1n) is 10.7. The zero-order valence-electron chi connectivity index (χ0n) is 19.3. The summed E-state index contributed by atoms with van der Waals surface area (Å²) in [7, 11) is 5.37. The fraction of sp³-hybridized carbons (Fsp3) is 0.417. The van der Waals surface area contributed by atoms with Crippen LogP contribution in [0.4, 0.5) is 5.69 Å². The summed E-state index contributed by atoms with van der Waals surface area (Å²) < 4.78 is 0. The van der Waals surface area contributed by atoms with Crippen molar-refractivity contribution < 1.29 is 4.79 Å². The molecular weight excluding hydrogens is 537 g/mol. The lowest BCUT2D eigenvalue weighted by molar-refractivity contribution is 0.0827. The van der Waals surface area contributed by atoms with Crippen LogP contribution in [0.5, 0.6) is 0 Å². The Kier molecular flexibility index (Phi) is 10.1. The maximum Gasteiger partial charge on any atom is 0.253 e. The molecule has 0 spiro atoms. The molecule has 1 aliphatic rings. The van der Waals surface area contributed by atoms with E-state index < -0.39 is 0 Å². The van der Waals surface area contributed by atoms with Crippen LogP contribution >= 0.6 is 35.6 Å². The number of aliphatic imine (C=N–C) groups is 1. The molecule has 1 heterocycles. The van der Waals surface area contributed by atoms with E-state index in [1.165, 1.54) is 11.3 Å². The third-order valence-electron chi connectivity index (χ3n) is 5.58. The van der Waals surface area contributed by atoms with Crippen LogP contribution in [0.3, 0.4) is 0 Å². The largest absolute Gasteiger partial charge is 0.368 e. The van der Waals surface area contributed by atoms with E-state index in [0.29, 0.717) is 0 Å². The SMILES string of the molecule is CN=C(NCCc1cccc(C(=O)N(C)C)c1)N1CCN(c2cc(Cl)ccc2C)CC1.I. The zero-order valence-corrected chi connectivity index (χ0v) is 22.4. The summed E-state index contributed by atoms with van der Waals surface area (Å²) in [6.45, 7) is 6.55. The molecule has 0 aromatic heterocycles.